The molecule has 0 atom stereocenters. The van der Waals surface area contributed by atoms with Crippen molar-refractivity contribution in [2.24, 2.45) is 5.73 Å². The zero-order chi connectivity index (χ0) is 14.9. The number of nitrogens with two attached hydrogens (primary N) is 1. The van der Waals surface area contributed by atoms with Crippen molar-refractivity contribution < 1.29 is 9.53 Å². The van der Waals surface area contributed by atoms with Crippen LogP contribution in [0.15, 0.2) is 23.9 Å². The van der Waals surface area contributed by atoms with Gasteiger partial charge in [-0.2, -0.15) is 0 Å². The van der Waals surface area contributed by atoms with Gasteiger partial charge in [-0.15, -0.1) is 0 Å². The number of nitrogens with zero attached hydrogens (tertiary/aromatic N) is 2. The molecule has 0 aliphatic carbocycles. The lowest BCUT2D eigenvalue weighted by atomic mass is 10.2. The van der Waals surface area contributed by atoms with E-state index in [9.17, 15) is 4.79 Å². The van der Waals surface area contributed by atoms with Gasteiger partial charge in [0.15, 0.2) is 11.4 Å². The van der Waals surface area contributed by atoms with Crippen LogP contribution in [0, 0.1) is 13.8 Å². The molecule has 1 amide bonds. The number of hydrogen-bond donors (Lipinski definition) is 1. The maximum Gasteiger partial charge on any atom is 0.267 e. The van der Waals surface area contributed by atoms with E-state index in [1.807, 2.05) is 32.9 Å². The number of aryl methyl sites for hydroxylation is 2. The van der Waals surface area contributed by atoms with Gasteiger partial charge < -0.3 is 10.5 Å². The Morgan fingerprint density at radius 3 is 2.75 bits per heavy atom. The van der Waals surface area contributed by atoms with Crippen molar-refractivity contribution >= 4 is 11.6 Å². The number of imidazole rings is 1. The number of carbonyl (C=O) groups is 1. The summed E-state index contributed by atoms with van der Waals surface area (Å²) < 4.78 is 7.48. The lowest BCUT2D eigenvalue weighted by molar-refractivity contribution is 0.0994. The van der Waals surface area contributed by atoms with Crippen LogP contribution >= 0.6 is 0 Å². The molecule has 0 aliphatic heterocycles. The molecule has 2 N–H and O–H groups in total. The number of amides is 1. The summed E-state index contributed by atoms with van der Waals surface area (Å²) in [5, 5.41) is 0. The van der Waals surface area contributed by atoms with Gasteiger partial charge in [0.2, 0.25) is 0 Å². The summed E-state index contributed by atoms with van der Waals surface area (Å²) >= 11 is 0. The molecule has 0 fully saturated rings. The minimum atomic E-state index is -0.492. The number of aromatic nitrogens is 2. The molecule has 0 spiro atoms. The second-order valence-corrected chi connectivity index (χ2v) is 5.02. The van der Waals surface area contributed by atoms with Crippen LogP contribution in [-0.4, -0.2) is 21.9 Å². The number of fused-ring (bicyclic) bond motifs is 1. The molecule has 0 bridgehead atoms. The first kappa shape index (κ1) is 14.1. The highest BCUT2D eigenvalue weighted by Gasteiger charge is 2.17. The Morgan fingerprint density at radius 2 is 2.15 bits per heavy atom. The number of carbonyl (C=O) groups excluding carboxylic acids is 1. The maximum absolute atomic E-state index is 11.5. The second-order valence-electron chi connectivity index (χ2n) is 5.02. The van der Waals surface area contributed by atoms with Gasteiger partial charge in [-0.3, -0.25) is 9.20 Å². The molecule has 2 rings (SSSR count). The lowest BCUT2D eigenvalue weighted by Crippen LogP contribution is -2.15. The summed E-state index contributed by atoms with van der Waals surface area (Å²) in [7, 11) is 0. The average molecular weight is 273 g/mol. The fourth-order valence-corrected chi connectivity index (χ4v) is 2.06. The third kappa shape index (κ3) is 2.52. The molecular formula is C15H19N3O2. The molecule has 0 radical (unpaired) electrons. The highest BCUT2D eigenvalue weighted by molar-refractivity contribution is 5.93. The van der Waals surface area contributed by atoms with E-state index in [1.54, 1.807) is 17.5 Å². The van der Waals surface area contributed by atoms with Crippen LogP contribution in [0.2, 0.25) is 0 Å². The standard InChI is InChI=1S/C15H19N3O2/c1-9(2)6-8-20-13-10(3)5-7-18-12(14(16)19)11(4)17-15(13)18/h5-7H,8H2,1-4H3,(H2,16,19). The van der Waals surface area contributed by atoms with Crippen LogP contribution in [0.4, 0.5) is 0 Å². The first-order valence-electron chi connectivity index (χ1n) is 6.46. The summed E-state index contributed by atoms with van der Waals surface area (Å²) in [6.45, 7) is 8.22. The van der Waals surface area contributed by atoms with E-state index in [0.29, 0.717) is 29.4 Å². The summed E-state index contributed by atoms with van der Waals surface area (Å²) in [5.41, 5.74) is 9.19. The lowest BCUT2D eigenvalue weighted by Gasteiger charge is -2.09. The average Bonchev–Trinajstić information content (AvgIpc) is 2.68. The fraction of sp³-hybridized carbons (Fsp3) is 0.333. The van der Waals surface area contributed by atoms with Crippen LogP contribution in [0.1, 0.15) is 35.6 Å². The van der Waals surface area contributed by atoms with Gasteiger partial charge in [-0.25, -0.2) is 4.98 Å². The van der Waals surface area contributed by atoms with Gasteiger partial charge >= 0.3 is 0 Å². The van der Waals surface area contributed by atoms with E-state index < -0.39 is 5.91 Å². The number of pyridine rings is 1. The predicted octanol–water partition coefficient (Wildman–Crippen LogP) is 2.40. The van der Waals surface area contributed by atoms with Crippen LogP contribution in [0.3, 0.4) is 0 Å². The molecule has 0 aromatic carbocycles. The van der Waals surface area contributed by atoms with Gasteiger partial charge in [0, 0.05) is 6.20 Å². The van der Waals surface area contributed by atoms with Crippen molar-refractivity contribution in [3.05, 3.63) is 40.9 Å². The SMILES string of the molecule is CC(C)=CCOc1c(C)ccn2c(C(N)=O)c(C)nc12. The van der Waals surface area contributed by atoms with Gasteiger partial charge in [-0.05, 0) is 45.4 Å². The molecule has 20 heavy (non-hydrogen) atoms. The highest BCUT2D eigenvalue weighted by atomic mass is 16.5. The van der Waals surface area contributed by atoms with Crippen molar-refractivity contribution in [3.8, 4) is 5.75 Å². The Labute approximate surface area is 118 Å². The number of allylic oxidation sites excluding steroid dienone is 1. The van der Waals surface area contributed by atoms with E-state index in [4.69, 9.17) is 10.5 Å². The topological polar surface area (TPSA) is 69.6 Å². The Bertz CT molecular complexity index is 695. The van der Waals surface area contributed by atoms with E-state index in [2.05, 4.69) is 4.98 Å². The van der Waals surface area contributed by atoms with Crippen LogP contribution in [-0.2, 0) is 0 Å². The van der Waals surface area contributed by atoms with Crippen molar-refractivity contribution in [1.82, 2.24) is 9.38 Å². The molecule has 2 aromatic heterocycles. The van der Waals surface area contributed by atoms with Crippen LogP contribution in [0.5, 0.6) is 5.75 Å². The van der Waals surface area contributed by atoms with Gasteiger partial charge in [-0.1, -0.05) is 5.57 Å². The second kappa shape index (κ2) is 5.36. The molecule has 0 aliphatic rings. The Hall–Kier alpha value is -2.30. The van der Waals surface area contributed by atoms with E-state index in [-0.39, 0.29) is 0 Å². The summed E-state index contributed by atoms with van der Waals surface area (Å²) in [5.74, 6) is 0.190. The van der Waals surface area contributed by atoms with E-state index >= 15 is 0 Å². The molecule has 5 nitrogen and oxygen atoms in total. The summed E-state index contributed by atoms with van der Waals surface area (Å²) in [4.78, 5) is 15.9. The van der Waals surface area contributed by atoms with Gasteiger partial charge in [0.1, 0.15) is 12.3 Å². The molecule has 2 aromatic rings. The van der Waals surface area contributed by atoms with Crippen molar-refractivity contribution in [2.45, 2.75) is 27.7 Å². The molecule has 0 saturated heterocycles. The Kier molecular flexibility index (Phi) is 3.79. The fourth-order valence-electron chi connectivity index (χ4n) is 2.06. The smallest absolute Gasteiger partial charge is 0.267 e. The van der Waals surface area contributed by atoms with E-state index in [0.717, 1.165) is 5.56 Å². The minimum Gasteiger partial charge on any atom is -0.485 e. The molecule has 106 valence electrons. The number of rotatable bonds is 4. The largest absolute Gasteiger partial charge is 0.485 e. The Morgan fingerprint density at radius 1 is 1.45 bits per heavy atom. The molecule has 5 heteroatoms. The first-order chi connectivity index (χ1) is 9.41. The van der Waals surface area contributed by atoms with Crippen LogP contribution < -0.4 is 10.5 Å². The van der Waals surface area contributed by atoms with Crippen LogP contribution in [0.25, 0.3) is 5.65 Å². The maximum atomic E-state index is 11.5. The van der Waals surface area contributed by atoms with Crippen molar-refractivity contribution in [1.29, 1.82) is 0 Å². The normalized spacial score (nSPS) is 10.6. The molecule has 2 heterocycles. The minimum absolute atomic E-state index is 0.395. The first-order valence-corrected chi connectivity index (χ1v) is 6.46. The van der Waals surface area contributed by atoms with Gasteiger partial charge in [0.25, 0.3) is 5.91 Å². The zero-order valence-electron chi connectivity index (χ0n) is 12.2. The third-order valence-electron chi connectivity index (χ3n) is 3.07. The highest BCUT2D eigenvalue weighted by Crippen LogP contribution is 2.26. The van der Waals surface area contributed by atoms with Gasteiger partial charge in [0.05, 0.1) is 5.69 Å². The number of primary amides is 1. The molecular weight excluding hydrogens is 254 g/mol. The van der Waals surface area contributed by atoms with Crippen molar-refractivity contribution in [2.75, 3.05) is 6.61 Å². The van der Waals surface area contributed by atoms with Crippen molar-refractivity contribution in [3.63, 3.8) is 0 Å². The number of ether oxygens (including phenoxy) is 1. The zero-order valence-corrected chi connectivity index (χ0v) is 12.2. The molecule has 0 saturated carbocycles. The summed E-state index contributed by atoms with van der Waals surface area (Å²) in [6.07, 6.45) is 3.78. The Balaban J connectivity index is 2.53. The number of hydrogen-bond acceptors (Lipinski definition) is 3. The summed E-state index contributed by atoms with van der Waals surface area (Å²) in [6, 6.07) is 1.89. The molecule has 0 unspecified atom stereocenters. The predicted molar refractivity (Wildman–Crippen MR) is 78.1 cm³/mol. The third-order valence-corrected chi connectivity index (χ3v) is 3.07. The van der Waals surface area contributed by atoms with E-state index in [1.165, 1.54) is 5.57 Å². The quantitative estimate of drug-likeness (QED) is 0.870. The monoisotopic (exact) mass is 273 g/mol.